The zero-order valence-electron chi connectivity index (χ0n) is 14.7. The summed E-state index contributed by atoms with van der Waals surface area (Å²) in [6.45, 7) is 1.84. The van der Waals surface area contributed by atoms with E-state index < -0.39 is 18.1 Å². The Balaban J connectivity index is 1.48. The lowest BCUT2D eigenvalue weighted by Gasteiger charge is -2.36. The summed E-state index contributed by atoms with van der Waals surface area (Å²) >= 11 is 0.988. The molecule has 12 heteroatoms. The number of benzene rings is 1. The number of thiazole rings is 1. The first kappa shape index (κ1) is 18.3. The van der Waals surface area contributed by atoms with E-state index in [2.05, 4.69) is 19.8 Å². The normalized spacial score (nSPS) is 20.6. The van der Waals surface area contributed by atoms with E-state index >= 15 is 0 Å². The molecule has 1 saturated heterocycles. The molecule has 1 fully saturated rings. The molecule has 4 rings (SSSR count). The van der Waals surface area contributed by atoms with Crippen molar-refractivity contribution in [3.8, 4) is 11.5 Å². The van der Waals surface area contributed by atoms with Crippen LogP contribution >= 0.6 is 11.3 Å². The van der Waals surface area contributed by atoms with Crippen LogP contribution in [0.4, 0.5) is 13.9 Å². The van der Waals surface area contributed by atoms with Crippen LogP contribution in [0.1, 0.15) is 6.92 Å². The van der Waals surface area contributed by atoms with Crippen LogP contribution in [0, 0.1) is 0 Å². The first-order valence-corrected chi connectivity index (χ1v) is 9.01. The summed E-state index contributed by atoms with van der Waals surface area (Å²) in [5.41, 5.74) is 0.302. The highest BCUT2D eigenvalue weighted by atomic mass is 32.1. The minimum atomic E-state index is -3.73. The Morgan fingerprint density at radius 3 is 2.68 bits per heavy atom. The summed E-state index contributed by atoms with van der Waals surface area (Å²) in [6.07, 6.45) is -3.73. The molecular formula is C16H14F2N4O5S. The molecule has 0 aliphatic carbocycles. The molecule has 1 unspecified atom stereocenters. The number of hydrogen-bond acceptors (Lipinski definition) is 7. The summed E-state index contributed by atoms with van der Waals surface area (Å²) in [5.74, 6) is -2.34. The summed E-state index contributed by atoms with van der Waals surface area (Å²) in [7, 11) is 1.64. The van der Waals surface area contributed by atoms with Gasteiger partial charge in [0.2, 0.25) is 5.91 Å². The van der Waals surface area contributed by atoms with Gasteiger partial charge in [0.1, 0.15) is 6.54 Å². The Bertz CT molecular complexity index is 965. The number of fused-ring (bicyclic) bond motifs is 2. The number of alkyl halides is 2. The quantitative estimate of drug-likeness (QED) is 0.708. The maximum atomic E-state index is 13.1. The number of carbonyl (C=O) groups is 3. The Kier molecular flexibility index (Phi) is 4.10. The average molecular weight is 412 g/mol. The average Bonchev–Trinajstić information content (AvgIpc) is 3.12. The number of amides is 3. The minimum Gasteiger partial charge on any atom is -0.395 e. The van der Waals surface area contributed by atoms with Gasteiger partial charge in [-0.05, 0) is 6.92 Å². The topological polar surface area (TPSA) is 101 Å². The van der Waals surface area contributed by atoms with E-state index in [9.17, 15) is 23.2 Å². The van der Waals surface area contributed by atoms with Crippen molar-refractivity contribution >= 4 is 44.4 Å². The number of likely N-dealkylation sites (N-methyl/N-ethyl adjacent to an activating group) is 1. The zero-order chi connectivity index (χ0) is 20.2. The lowest BCUT2D eigenvalue weighted by molar-refractivity contribution is -0.286. The van der Waals surface area contributed by atoms with Gasteiger partial charge in [-0.15, -0.1) is 8.78 Å². The van der Waals surface area contributed by atoms with Crippen molar-refractivity contribution < 1.29 is 32.6 Å². The van der Waals surface area contributed by atoms with Gasteiger partial charge in [0, 0.05) is 31.8 Å². The van der Waals surface area contributed by atoms with E-state index in [1.807, 2.05) is 0 Å². The van der Waals surface area contributed by atoms with Gasteiger partial charge >= 0.3 is 18.1 Å². The predicted molar refractivity (Wildman–Crippen MR) is 93.3 cm³/mol. The van der Waals surface area contributed by atoms with Crippen molar-refractivity contribution in [1.29, 1.82) is 0 Å². The maximum Gasteiger partial charge on any atom is 0.586 e. The van der Waals surface area contributed by atoms with Gasteiger partial charge < -0.3 is 19.3 Å². The second-order valence-electron chi connectivity index (χ2n) is 6.45. The Hall–Kier alpha value is -3.02. The molecule has 1 aromatic heterocycles. The number of ether oxygens (including phenoxy) is 2. The number of rotatable bonds is 1. The molecule has 9 nitrogen and oxygen atoms in total. The Morgan fingerprint density at radius 1 is 1.32 bits per heavy atom. The van der Waals surface area contributed by atoms with Crippen LogP contribution < -0.4 is 14.8 Å². The van der Waals surface area contributed by atoms with E-state index in [-0.39, 0.29) is 41.7 Å². The molecule has 148 valence electrons. The lowest BCUT2D eigenvalue weighted by Crippen LogP contribution is -2.57. The third-order valence-corrected chi connectivity index (χ3v) is 5.41. The SMILES string of the molecule is CC1CN(C(=O)C(=O)Nc2nc3cc4c(cc3s2)OC(F)(F)O4)CC(=O)N1C. The van der Waals surface area contributed by atoms with E-state index in [0.29, 0.717) is 10.2 Å². The van der Waals surface area contributed by atoms with Gasteiger partial charge in [-0.1, -0.05) is 11.3 Å². The monoisotopic (exact) mass is 412 g/mol. The molecule has 1 N–H and O–H groups in total. The Labute approximate surface area is 160 Å². The molecule has 3 amide bonds. The summed E-state index contributed by atoms with van der Waals surface area (Å²) in [6, 6.07) is 2.38. The van der Waals surface area contributed by atoms with Crippen LogP contribution in [0.15, 0.2) is 12.1 Å². The van der Waals surface area contributed by atoms with Crippen molar-refractivity contribution in [2.24, 2.45) is 0 Å². The molecule has 0 radical (unpaired) electrons. The summed E-state index contributed by atoms with van der Waals surface area (Å²) < 4.78 is 35.4. The van der Waals surface area contributed by atoms with Gasteiger partial charge in [-0.25, -0.2) is 4.98 Å². The number of aromatic nitrogens is 1. The highest BCUT2D eigenvalue weighted by molar-refractivity contribution is 7.22. The smallest absolute Gasteiger partial charge is 0.395 e. The molecule has 2 aliphatic rings. The summed E-state index contributed by atoms with van der Waals surface area (Å²) in [4.78, 5) is 43.3. The standard InChI is InChI=1S/C16H14F2N4O5S/c1-7-5-22(6-12(23)21(7)2)14(25)13(24)20-15-19-8-3-9-10(4-11(8)28-15)27-16(17,18)26-9/h3-4,7H,5-6H2,1-2H3,(H,19,20,24). The van der Waals surface area contributed by atoms with Gasteiger partial charge in [0.15, 0.2) is 16.6 Å². The number of hydrogen-bond donors (Lipinski definition) is 1. The largest absolute Gasteiger partial charge is 0.586 e. The van der Waals surface area contributed by atoms with E-state index in [1.54, 1.807) is 14.0 Å². The molecule has 0 saturated carbocycles. The fourth-order valence-corrected chi connectivity index (χ4v) is 3.77. The van der Waals surface area contributed by atoms with Gasteiger partial charge in [0.05, 0.1) is 10.2 Å². The number of carbonyl (C=O) groups excluding carboxylic acids is 3. The van der Waals surface area contributed by atoms with Crippen molar-refractivity contribution in [2.45, 2.75) is 19.3 Å². The summed E-state index contributed by atoms with van der Waals surface area (Å²) in [5, 5.41) is 2.49. The Morgan fingerprint density at radius 2 is 2.00 bits per heavy atom. The van der Waals surface area contributed by atoms with Crippen molar-refractivity contribution in [2.75, 3.05) is 25.5 Å². The van der Waals surface area contributed by atoms with Crippen LogP contribution in [0.25, 0.3) is 10.2 Å². The highest BCUT2D eigenvalue weighted by Gasteiger charge is 2.43. The van der Waals surface area contributed by atoms with Gasteiger partial charge in [-0.2, -0.15) is 0 Å². The number of halogens is 2. The van der Waals surface area contributed by atoms with E-state index in [0.717, 1.165) is 11.3 Å². The molecule has 1 atom stereocenters. The van der Waals surface area contributed by atoms with Crippen LogP contribution in [0.5, 0.6) is 11.5 Å². The van der Waals surface area contributed by atoms with Crippen molar-refractivity contribution in [3.63, 3.8) is 0 Å². The fraction of sp³-hybridized carbons (Fsp3) is 0.375. The fourth-order valence-electron chi connectivity index (χ4n) is 2.90. The van der Waals surface area contributed by atoms with Crippen molar-refractivity contribution in [1.82, 2.24) is 14.8 Å². The number of nitrogens with zero attached hydrogens (tertiary/aromatic N) is 3. The van der Waals surface area contributed by atoms with Crippen LogP contribution in [0.2, 0.25) is 0 Å². The molecule has 2 aromatic rings. The molecule has 0 spiro atoms. The van der Waals surface area contributed by atoms with Crippen molar-refractivity contribution in [3.05, 3.63) is 12.1 Å². The lowest BCUT2D eigenvalue weighted by atomic mass is 10.2. The second kappa shape index (κ2) is 6.26. The number of piperazine rings is 1. The molecule has 28 heavy (non-hydrogen) atoms. The first-order chi connectivity index (χ1) is 13.1. The zero-order valence-corrected chi connectivity index (χ0v) is 15.5. The third kappa shape index (κ3) is 3.19. The van der Waals surface area contributed by atoms with E-state index in [1.165, 1.54) is 21.9 Å². The number of anilines is 1. The molecule has 2 aliphatic heterocycles. The molecule has 1 aromatic carbocycles. The van der Waals surface area contributed by atoms with Crippen LogP contribution in [-0.4, -0.2) is 65.0 Å². The van der Waals surface area contributed by atoms with Crippen LogP contribution in [-0.2, 0) is 14.4 Å². The predicted octanol–water partition coefficient (Wildman–Crippen LogP) is 1.25. The first-order valence-electron chi connectivity index (χ1n) is 8.19. The van der Waals surface area contributed by atoms with E-state index in [4.69, 9.17) is 0 Å². The molecule has 3 heterocycles. The minimum absolute atomic E-state index is 0.109. The molecular weight excluding hydrogens is 398 g/mol. The highest BCUT2D eigenvalue weighted by Crippen LogP contribution is 2.44. The third-order valence-electron chi connectivity index (χ3n) is 4.48. The molecule has 0 bridgehead atoms. The van der Waals surface area contributed by atoms with Gasteiger partial charge in [-0.3, -0.25) is 19.7 Å². The number of nitrogens with one attached hydrogen (secondary N) is 1. The van der Waals surface area contributed by atoms with Crippen LogP contribution in [0.3, 0.4) is 0 Å². The second-order valence-corrected chi connectivity index (χ2v) is 7.48. The maximum absolute atomic E-state index is 13.1. The van der Waals surface area contributed by atoms with Gasteiger partial charge in [0.25, 0.3) is 0 Å².